The lowest BCUT2D eigenvalue weighted by Gasteiger charge is -2.39. The van der Waals surface area contributed by atoms with Gasteiger partial charge in [-0.25, -0.2) is 0 Å². The molecule has 1 saturated heterocycles. The molecule has 1 aromatic heterocycles. The molecule has 2 fully saturated rings. The van der Waals surface area contributed by atoms with Crippen molar-refractivity contribution in [2.24, 2.45) is 5.92 Å². The molecule has 0 radical (unpaired) electrons. The Morgan fingerprint density at radius 1 is 1.09 bits per heavy atom. The normalized spacial score (nSPS) is 22.5. The van der Waals surface area contributed by atoms with Gasteiger partial charge in [0.15, 0.2) is 5.60 Å². The number of hydrogen-bond donors (Lipinski definition) is 2. The Labute approximate surface area is 136 Å². The topological polar surface area (TPSA) is 71.2 Å². The second kappa shape index (κ2) is 6.06. The molecule has 5 heteroatoms. The fourth-order valence-electron chi connectivity index (χ4n) is 3.69. The van der Waals surface area contributed by atoms with Gasteiger partial charge in [-0.05, 0) is 50.3 Å². The van der Waals surface area contributed by atoms with E-state index in [4.69, 9.17) is 4.52 Å². The number of benzene rings is 1. The van der Waals surface area contributed by atoms with Crippen LogP contribution >= 0.6 is 0 Å². The molecule has 2 heterocycles. The van der Waals surface area contributed by atoms with E-state index in [9.17, 15) is 5.11 Å². The molecule has 0 spiro atoms. The van der Waals surface area contributed by atoms with Crippen LogP contribution in [0.4, 0.5) is 0 Å². The molecule has 0 bridgehead atoms. The standard InChI is InChI=1S/C18H23N3O2/c22-18(15-7-4-8-15,14-5-2-1-3-6-14)17-20-16(23-21-17)13-9-11-19-12-10-13/h1-3,5-6,13,15,19,22H,4,7-12H2. The number of hydrogen-bond acceptors (Lipinski definition) is 5. The molecular weight excluding hydrogens is 290 g/mol. The van der Waals surface area contributed by atoms with Crippen molar-refractivity contribution in [3.8, 4) is 0 Å². The van der Waals surface area contributed by atoms with Crippen molar-refractivity contribution < 1.29 is 9.63 Å². The van der Waals surface area contributed by atoms with E-state index in [-0.39, 0.29) is 5.92 Å². The lowest BCUT2D eigenvalue weighted by Crippen LogP contribution is -2.41. The van der Waals surface area contributed by atoms with Crippen LogP contribution in [0.3, 0.4) is 0 Å². The van der Waals surface area contributed by atoms with E-state index in [2.05, 4.69) is 15.5 Å². The van der Waals surface area contributed by atoms with E-state index < -0.39 is 5.60 Å². The summed E-state index contributed by atoms with van der Waals surface area (Å²) in [5, 5.41) is 19.0. The zero-order valence-corrected chi connectivity index (χ0v) is 13.2. The Hall–Kier alpha value is -1.72. The molecule has 2 N–H and O–H groups in total. The highest BCUT2D eigenvalue weighted by Gasteiger charge is 2.47. The molecule has 122 valence electrons. The van der Waals surface area contributed by atoms with E-state index in [0.29, 0.717) is 17.6 Å². The first-order valence-corrected chi connectivity index (χ1v) is 8.61. The predicted octanol–water partition coefficient (Wildman–Crippen LogP) is 2.57. The lowest BCUT2D eigenvalue weighted by atomic mass is 9.69. The van der Waals surface area contributed by atoms with E-state index >= 15 is 0 Å². The first kappa shape index (κ1) is 14.8. The minimum Gasteiger partial charge on any atom is -0.377 e. The SMILES string of the molecule is OC(c1ccccc1)(c1noc(C2CCNCC2)n1)C1CCC1. The molecule has 2 aliphatic rings. The van der Waals surface area contributed by atoms with Crippen LogP contribution in [-0.4, -0.2) is 28.3 Å². The van der Waals surface area contributed by atoms with Crippen LogP contribution in [0.2, 0.25) is 0 Å². The third-order valence-electron chi connectivity index (χ3n) is 5.38. The molecule has 0 amide bonds. The predicted molar refractivity (Wildman–Crippen MR) is 85.9 cm³/mol. The van der Waals surface area contributed by atoms with Crippen LogP contribution in [0, 0.1) is 5.92 Å². The summed E-state index contributed by atoms with van der Waals surface area (Å²) in [6.45, 7) is 1.96. The average molecular weight is 313 g/mol. The van der Waals surface area contributed by atoms with E-state index in [1.165, 1.54) is 0 Å². The number of nitrogens with one attached hydrogen (secondary N) is 1. The van der Waals surface area contributed by atoms with Gasteiger partial charge in [0.1, 0.15) is 0 Å². The molecule has 2 aromatic rings. The molecule has 23 heavy (non-hydrogen) atoms. The summed E-state index contributed by atoms with van der Waals surface area (Å²) in [7, 11) is 0. The van der Waals surface area contributed by atoms with Gasteiger partial charge in [-0.1, -0.05) is 41.9 Å². The number of nitrogens with zero attached hydrogens (tertiary/aromatic N) is 2. The third-order valence-corrected chi connectivity index (χ3v) is 5.38. The third kappa shape index (κ3) is 2.58. The second-order valence-corrected chi connectivity index (χ2v) is 6.74. The summed E-state index contributed by atoms with van der Waals surface area (Å²) in [6.07, 6.45) is 5.17. The van der Waals surface area contributed by atoms with Crippen molar-refractivity contribution in [1.29, 1.82) is 0 Å². The highest BCUT2D eigenvalue weighted by Crippen LogP contribution is 2.45. The summed E-state index contributed by atoms with van der Waals surface area (Å²) in [5.74, 6) is 1.58. The summed E-state index contributed by atoms with van der Waals surface area (Å²) < 4.78 is 5.54. The van der Waals surface area contributed by atoms with Gasteiger partial charge >= 0.3 is 0 Å². The molecule has 1 aliphatic carbocycles. The average Bonchev–Trinajstić information content (AvgIpc) is 3.05. The molecule has 4 rings (SSSR count). The van der Waals surface area contributed by atoms with Gasteiger partial charge < -0.3 is 14.9 Å². The maximum Gasteiger partial charge on any atom is 0.229 e. The van der Waals surface area contributed by atoms with E-state index in [1.807, 2.05) is 30.3 Å². The number of aromatic nitrogens is 2. The lowest BCUT2D eigenvalue weighted by molar-refractivity contribution is -0.0286. The molecule has 1 aliphatic heterocycles. The number of piperidine rings is 1. The van der Waals surface area contributed by atoms with Crippen molar-refractivity contribution in [1.82, 2.24) is 15.5 Å². The minimum atomic E-state index is -1.13. The Morgan fingerprint density at radius 3 is 2.48 bits per heavy atom. The van der Waals surface area contributed by atoms with E-state index in [0.717, 1.165) is 50.8 Å². The first-order chi connectivity index (χ1) is 11.3. The summed E-state index contributed by atoms with van der Waals surface area (Å²) in [6, 6.07) is 9.78. The first-order valence-electron chi connectivity index (χ1n) is 8.61. The highest BCUT2D eigenvalue weighted by atomic mass is 16.5. The van der Waals surface area contributed by atoms with Gasteiger partial charge in [0, 0.05) is 5.92 Å². The Bertz CT molecular complexity index is 647. The highest BCUT2D eigenvalue weighted by molar-refractivity contribution is 5.31. The molecule has 1 unspecified atom stereocenters. The number of rotatable bonds is 4. The Kier molecular flexibility index (Phi) is 3.91. The molecule has 5 nitrogen and oxygen atoms in total. The summed E-state index contributed by atoms with van der Waals surface area (Å²) in [5.41, 5.74) is -0.267. The fraction of sp³-hybridized carbons (Fsp3) is 0.556. The van der Waals surface area contributed by atoms with Crippen molar-refractivity contribution in [3.05, 3.63) is 47.6 Å². The van der Waals surface area contributed by atoms with Crippen LogP contribution in [0.1, 0.15) is 55.3 Å². The van der Waals surface area contributed by atoms with Crippen LogP contribution in [0.15, 0.2) is 34.9 Å². The fourth-order valence-corrected chi connectivity index (χ4v) is 3.69. The largest absolute Gasteiger partial charge is 0.377 e. The zero-order chi connectivity index (χ0) is 15.7. The Balaban J connectivity index is 1.68. The quantitative estimate of drug-likeness (QED) is 0.908. The minimum absolute atomic E-state index is 0.170. The maximum absolute atomic E-state index is 11.5. The monoisotopic (exact) mass is 313 g/mol. The van der Waals surface area contributed by atoms with Gasteiger partial charge in [0.05, 0.1) is 0 Å². The van der Waals surface area contributed by atoms with Crippen LogP contribution < -0.4 is 5.32 Å². The van der Waals surface area contributed by atoms with Crippen molar-refractivity contribution in [3.63, 3.8) is 0 Å². The molecule has 1 aromatic carbocycles. The number of aliphatic hydroxyl groups is 1. The van der Waals surface area contributed by atoms with Gasteiger partial charge in [-0.15, -0.1) is 0 Å². The van der Waals surface area contributed by atoms with Gasteiger partial charge in [-0.2, -0.15) is 4.98 Å². The van der Waals surface area contributed by atoms with Crippen molar-refractivity contribution in [2.75, 3.05) is 13.1 Å². The summed E-state index contributed by atoms with van der Waals surface area (Å²) in [4.78, 5) is 4.63. The Morgan fingerprint density at radius 2 is 1.83 bits per heavy atom. The van der Waals surface area contributed by atoms with Gasteiger partial charge in [-0.3, -0.25) is 0 Å². The maximum atomic E-state index is 11.5. The van der Waals surface area contributed by atoms with Crippen LogP contribution in [-0.2, 0) is 5.60 Å². The van der Waals surface area contributed by atoms with Crippen LogP contribution in [0.5, 0.6) is 0 Å². The van der Waals surface area contributed by atoms with Crippen LogP contribution in [0.25, 0.3) is 0 Å². The van der Waals surface area contributed by atoms with Gasteiger partial charge in [0.2, 0.25) is 11.7 Å². The molecule has 1 saturated carbocycles. The van der Waals surface area contributed by atoms with Crippen molar-refractivity contribution in [2.45, 2.75) is 43.6 Å². The van der Waals surface area contributed by atoms with Crippen molar-refractivity contribution >= 4 is 0 Å². The van der Waals surface area contributed by atoms with E-state index in [1.54, 1.807) is 0 Å². The zero-order valence-electron chi connectivity index (χ0n) is 13.2. The molecular formula is C18H23N3O2. The van der Waals surface area contributed by atoms with Gasteiger partial charge in [0.25, 0.3) is 0 Å². The summed E-state index contributed by atoms with van der Waals surface area (Å²) >= 11 is 0. The second-order valence-electron chi connectivity index (χ2n) is 6.74. The smallest absolute Gasteiger partial charge is 0.229 e. The molecule has 1 atom stereocenters.